The van der Waals surface area contributed by atoms with Crippen LogP contribution in [0.2, 0.25) is 0 Å². The Morgan fingerprint density at radius 1 is 1.14 bits per heavy atom. The van der Waals surface area contributed by atoms with Gasteiger partial charge in [-0.3, -0.25) is 0 Å². The maximum Gasteiger partial charge on any atom is 0.147 e. The molecule has 1 fully saturated rings. The van der Waals surface area contributed by atoms with Gasteiger partial charge in [0.25, 0.3) is 0 Å². The van der Waals surface area contributed by atoms with E-state index in [0.29, 0.717) is 12.5 Å². The maximum absolute atomic E-state index is 5.84. The van der Waals surface area contributed by atoms with Crippen LogP contribution in [0.3, 0.4) is 0 Å². The third-order valence-electron chi connectivity index (χ3n) is 4.79. The molecule has 1 aromatic rings. The molecule has 0 amide bonds. The van der Waals surface area contributed by atoms with Crippen molar-refractivity contribution in [3.8, 4) is 0 Å². The number of nitrogens with two attached hydrogens (primary N) is 1. The van der Waals surface area contributed by atoms with E-state index in [1.807, 2.05) is 0 Å². The number of aromatic nitrogens is 3. The number of hydrogen-bond acceptors (Lipinski definition) is 3. The van der Waals surface area contributed by atoms with Crippen molar-refractivity contribution in [1.82, 2.24) is 14.8 Å². The standard InChI is InChI=1S/C17H32N4/c1-5-6-7-13-8-10-14(11-9-13)16-20-19-15(12-18)21(16)17(2,3)4/h13-14H,5-12,18H2,1-4H3. The van der Waals surface area contributed by atoms with Crippen LogP contribution in [-0.4, -0.2) is 14.8 Å². The van der Waals surface area contributed by atoms with Gasteiger partial charge in [-0.15, -0.1) is 10.2 Å². The van der Waals surface area contributed by atoms with Gasteiger partial charge in [-0.25, -0.2) is 0 Å². The fraction of sp³-hybridized carbons (Fsp3) is 0.882. The van der Waals surface area contributed by atoms with Crippen molar-refractivity contribution in [2.75, 3.05) is 0 Å². The molecule has 2 rings (SSSR count). The van der Waals surface area contributed by atoms with Gasteiger partial charge in [-0.1, -0.05) is 26.2 Å². The van der Waals surface area contributed by atoms with Gasteiger partial charge in [0.1, 0.15) is 11.6 Å². The lowest BCUT2D eigenvalue weighted by Gasteiger charge is -2.31. The first-order chi connectivity index (χ1) is 9.97. The van der Waals surface area contributed by atoms with E-state index < -0.39 is 0 Å². The number of unbranched alkanes of at least 4 members (excludes halogenated alkanes) is 1. The van der Waals surface area contributed by atoms with Crippen molar-refractivity contribution in [3.05, 3.63) is 11.6 Å². The van der Waals surface area contributed by atoms with Gasteiger partial charge in [0.15, 0.2) is 0 Å². The van der Waals surface area contributed by atoms with Crippen LogP contribution >= 0.6 is 0 Å². The molecule has 1 heterocycles. The second-order valence-electron chi connectivity index (χ2n) is 7.54. The second kappa shape index (κ2) is 6.91. The largest absolute Gasteiger partial charge is 0.324 e. The molecular formula is C17H32N4. The van der Waals surface area contributed by atoms with E-state index in [9.17, 15) is 0 Å². The first kappa shape index (κ1) is 16.5. The van der Waals surface area contributed by atoms with Gasteiger partial charge < -0.3 is 10.3 Å². The van der Waals surface area contributed by atoms with Crippen LogP contribution in [0.4, 0.5) is 0 Å². The summed E-state index contributed by atoms with van der Waals surface area (Å²) in [6, 6.07) is 0. The zero-order chi connectivity index (χ0) is 15.5. The molecule has 0 radical (unpaired) electrons. The minimum Gasteiger partial charge on any atom is -0.324 e. The molecule has 120 valence electrons. The van der Waals surface area contributed by atoms with E-state index in [0.717, 1.165) is 17.6 Å². The van der Waals surface area contributed by atoms with Gasteiger partial charge >= 0.3 is 0 Å². The predicted molar refractivity (Wildman–Crippen MR) is 87.1 cm³/mol. The molecule has 1 saturated carbocycles. The molecule has 1 aromatic heterocycles. The first-order valence-corrected chi connectivity index (χ1v) is 8.62. The van der Waals surface area contributed by atoms with Crippen molar-refractivity contribution >= 4 is 0 Å². The van der Waals surface area contributed by atoms with E-state index in [2.05, 4.69) is 42.5 Å². The summed E-state index contributed by atoms with van der Waals surface area (Å²) in [5, 5.41) is 8.83. The Balaban J connectivity index is 2.08. The lowest BCUT2D eigenvalue weighted by atomic mass is 9.79. The third-order valence-corrected chi connectivity index (χ3v) is 4.79. The van der Waals surface area contributed by atoms with Crippen LogP contribution < -0.4 is 5.73 Å². The van der Waals surface area contributed by atoms with Crippen LogP contribution in [0.15, 0.2) is 0 Å². The summed E-state index contributed by atoms with van der Waals surface area (Å²) in [5.74, 6) is 3.58. The van der Waals surface area contributed by atoms with Gasteiger partial charge in [0.05, 0.1) is 6.54 Å². The van der Waals surface area contributed by atoms with E-state index >= 15 is 0 Å². The average Bonchev–Trinajstić information content (AvgIpc) is 2.89. The van der Waals surface area contributed by atoms with Crippen molar-refractivity contribution in [1.29, 1.82) is 0 Å². The molecule has 0 aromatic carbocycles. The zero-order valence-corrected chi connectivity index (χ0v) is 14.2. The Bertz CT molecular complexity index is 436. The molecule has 1 aliphatic carbocycles. The first-order valence-electron chi connectivity index (χ1n) is 8.62. The smallest absolute Gasteiger partial charge is 0.147 e. The Hall–Kier alpha value is -0.900. The summed E-state index contributed by atoms with van der Waals surface area (Å²) >= 11 is 0. The summed E-state index contributed by atoms with van der Waals surface area (Å²) in [5.41, 5.74) is 5.85. The SMILES string of the molecule is CCCCC1CCC(c2nnc(CN)n2C(C)(C)C)CC1. The van der Waals surface area contributed by atoms with Gasteiger partial charge in [0, 0.05) is 11.5 Å². The van der Waals surface area contributed by atoms with Gasteiger partial charge in [-0.05, 0) is 52.4 Å². The second-order valence-corrected chi connectivity index (χ2v) is 7.54. The molecule has 21 heavy (non-hydrogen) atoms. The highest BCUT2D eigenvalue weighted by Gasteiger charge is 2.30. The van der Waals surface area contributed by atoms with E-state index in [-0.39, 0.29) is 5.54 Å². The van der Waals surface area contributed by atoms with Crippen molar-refractivity contribution in [3.63, 3.8) is 0 Å². The molecule has 2 N–H and O–H groups in total. The summed E-state index contributed by atoms with van der Waals surface area (Å²) in [4.78, 5) is 0. The van der Waals surface area contributed by atoms with E-state index in [4.69, 9.17) is 5.73 Å². The van der Waals surface area contributed by atoms with Crippen molar-refractivity contribution in [2.24, 2.45) is 11.7 Å². The zero-order valence-electron chi connectivity index (χ0n) is 14.2. The normalized spacial score (nSPS) is 23.5. The molecule has 0 atom stereocenters. The quantitative estimate of drug-likeness (QED) is 0.893. The molecule has 0 saturated heterocycles. The molecule has 4 heteroatoms. The summed E-state index contributed by atoms with van der Waals surface area (Å²) in [6.07, 6.45) is 9.31. The topological polar surface area (TPSA) is 56.7 Å². The predicted octanol–water partition coefficient (Wildman–Crippen LogP) is 3.96. The number of rotatable bonds is 5. The Morgan fingerprint density at radius 3 is 2.33 bits per heavy atom. The van der Waals surface area contributed by atoms with E-state index in [1.54, 1.807) is 0 Å². The molecule has 0 aliphatic heterocycles. The monoisotopic (exact) mass is 292 g/mol. The number of nitrogens with zero attached hydrogens (tertiary/aromatic N) is 3. The van der Waals surface area contributed by atoms with Crippen molar-refractivity contribution in [2.45, 2.75) is 90.6 Å². The molecular weight excluding hydrogens is 260 g/mol. The minimum atomic E-state index is 0.00654. The average molecular weight is 292 g/mol. The maximum atomic E-state index is 5.84. The Labute approximate surface area is 129 Å². The fourth-order valence-corrected chi connectivity index (χ4v) is 3.66. The molecule has 0 bridgehead atoms. The molecule has 1 aliphatic rings. The highest BCUT2D eigenvalue weighted by atomic mass is 15.3. The highest BCUT2D eigenvalue weighted by molar-refractivity contribution is 5.07. The van der Waals surface area contributed by atoms with Crippen LogP contribution in [0.1, 0.15) is 90.2 Å². The van der Waals surface area contributed by atoms with Crippen LogP contribution in [-0.2, 0) is 12.1 Å². The Morgan fingerprint density at radius 2 is 1.81 bits per heavy atom. The summed E-state index contributed by atoms with van der Waals surface area (Å²) in [7, 11) is 0. The molecule has 0 spiro atoms. The van der Waals surface area contributed by atoms with Crippen LogP contribution in [0.5, 0.6) is 0 Å². The van der Waals surface area contributed by atoms with E-state index in [1.165, 1.54) is 44.9 Å². The minimum absolute atomic E-state index is 0.00654. The lowest BCUT2D eigenvalue weighted by Crippen LogP contribution is -2.29. The molecule has 4 nitrogen and oxygen atoms in total. The Kier molecular flexibility index (Phi) is 5.42. The summed E-state index contributed by atoms with van der Waals surface area (Å²) < 4.78 is 2.28. The lowest BCUT2D eigenvalue weighted by molar-refractivity contribution is 0.280. The van der Waals surface area contributed by atoms with Gasteiger partial charge in [0.2, 0.25) is 0 Å². The highest BCUT2D eigenvalue weighted by Crippen LogP contribution is 2.38. The van der Waals surface area contributed by atoms with Crippen LogP contribution in [0.25, 0.3) is 0 Å². The van der Waals surface area contributed by atoms with Gasteiger partial charge in [-0.2, -0.15) is 0 Å². The molecule has 0 unspecified atom stereocenters. The summed E-state index contributed by atoms with van der Waals surface area (Å²) in [6.45, 7) is 9.39. The third kappa shape index (κ3) is 3.85. The van der Waals surface area contributed by atoms with Crippen molar-refractivity contribution < 1.29 is 0 Å². The fourth-order valence-electron chi connectivity index (χ4n) is 3.66. The van der Waals surface area contributed by atoms with Crippen LogP contribution in [0, 0.1) is 5.92 Å². The number of hydrogen-bond donors (Lipinski definition) is 1.